The molecule has 3 aromatic rings. The number of Topliss-reactive ketones (excluding diaryl/α,β-unsaturated/α-hetero) is 1. The molecular weight excluding hydrogens is 336 g/mol. The molecule has 5 heteroatoms. The minimum absolute atomic E-state index is 0.00744. The lowest BCUT2D eigenvalue weighted by molar-refractivity contribution is 0.0196. The third-order valence-corrected chi connectivity index (χ3v) is 6.32. The van der Waals surface area contributed by atoms with Gasteiger partial charge < -0.3 is 16.0 Å². The number of nitrogens with two attached hydrogens (primary N) is 1. The van der Waals surface area contributed by atoms with Crippen molar-refractivity contribution in [2.45, 2.75) is 26.2 Å². The molecule has 0 amide bonds. The predicted molar refractivity (Wildman–Crippen MR) is 107 cm³/mol. The molecule has 5 nitrogen and oxygen atoms in total. The first-order valence-corrected chi connectivity index (χ1v) is 9.31. The molecule has 1 aromatic carbocycles. The van der Waals surface area contributed by atoms with Crippen molar-refractivity contribution in [1.29, 1.82) is 0 Å². The van der Waals surface area contributed by atoms with Crippen molar-refractivity contribution in [1.82, 2.24) is 9.97 Å². The summed E-state index contributed by atoms with van der Waals surface area (Å²) in [6, 6.07) is 13.7. The van der Waals surface area contributed by atoms with Crippen molar-refractivity contribution in [2.24, 2.45) is 11.3 Å². The number of hydrogen-bond acceptors (Lipinski definition) is 4. The number of carbonyl (C=O) groups is 1. The zero-order valence-corrected chi connectivity index (χ0v) is 15.4. The number of aromatic amines is 1. The number of carbonyl (C=O) groups excluding carboxylic acids is 1. The summed E-state index contributed by atoms with van der Waals surface area (Å²) in [4.78, 5) is 21.0. The van der Waals surface area contributed by atoms with Crippen LogP contribution in [-0.4, -0.2) is 15.8 Å². The van der Waals surface area contributed by atoms with Crippen LogP contribution in [0.5, 0.6) is 0 Å². The lowest BCUT2D eigenvalue weighted by Gasteiger charge is -2.54. The Bertz CT molecular complexity index is 1050. The summed E-state index contributed by atoms with van der Waals surface area (Å²) in [7, 11) is 0. The Morgan fingerprint density at radius 2 is 1.96 bits per heavy atom. The number of hydrogen-bond donors (Lipinski definition) is 3. The van der Waals surface area contributed by atoms with Crippen molar-refractivity contribution >= 4 is 23.0 Å². The summed E-state index contributed by atoms with van der Waals surface area (Å²) in [5.74, 6) is 1.17. The monoisotopic (exact) mass is 358 g/mol. The van der Waals surface area contributed by atoms with E-state index in [4.69, 9.17) is 5.73 Å². The van der Waals surface area contributed by atoms with Crippen LogP contribution in [0.4, 0.5) is 17.2 Å². The van der Waals surface area contributed by atoms with E-state index in [-0.39, 0.29) is 17.1 Å². The quantitative estimate of drug-likeness (QED) is 0.632. The van der Waals surface area contributed by atoms with Crippen molar-refractivity contribution < 1.29 is 4.79 Å². The molecule has 3 aliphatic carbocycles. The van der Waals surface area contributed by atoms with Crippen molar-refractivity contribution in [2.75, 3.05) is 11.1 Å². The number of nitrogens with zero attached hydrogens (tertiary/aromatic N) is 1. The van der Waals surface area contributed by atoms with E-state index in [1.54, 1.807) is 6.20 Å². The minimum atomic E-state index is 0.00744. The van der Waals surface area contributed by atoms with Crippen LogP contribution in [0.2, 0.25) is 0 Å². The highest BCUT2D eigenvalue weighted by atomic mass is 16.1. The zero-order chi connectivity index (χ0) is 18.8. The second-order valence-corrected chi connectivity index (χ2v) is 8.15. The molecule has 0 unspecified atom stereocenters. The highest BCUT2D eigenvalue weighted by Crippen LogP contribution is 2.63. The lowest BCUT2D eigenvalue weighted by Crippen LogP contribution is -2.51. The van der Waals surface area contributed by atoms with E-state index < -0.39 is 0 Å². The van der Waals surface area contributed by atoms with E-state index in [0.29, 0.717) is 11.7 Å². The second kappa shape index (κ2) is 5.46. The van der Waals surface area contributed by atoms with Crippen molar-refractivity contribution in [3.8, 4) is 11.3 Å². The number of benzene rings is 1. The number of para-hydroxylation sites is 1. The molecular formula is C22H22N4O. The van der Waals surface area contributed by atoms with Gasteiger partial charge in [-0.1, -0.05) is 32.0 Å². The lowest BCUT2D eigenvalue weighted by atomic mass is 9.48. The molecule has 6 rings (SSSR count). The summed E-state index contributed by atoms with van der Waals surface area (Å²) in [6.45, 7) is 4.39. The first-order valence-electron chi connectivity index (χ1n) is 9.31. The molecule has 0 aliphatic heterocycles. The minimum Gasteiger partial charge on any atom is -0.384 e. The summed E-state index contributed by atoms with van der Waals surface area (Å²) < 4.78 is 0. The molecule has 1 fully saturated rings. The van der Waals surface area contributed by atoms with Crippen molar-refractivity contribution in [3.05, 3.63) is 59.9 Å². The molecule has 2 aromatic heterocycles. The van der Waals surface area contributed by atoms with E-state index in [1.807, 2.05) is 42.5 Å². The Kier molecular flexibility index (Phi) is 3.26. The van der Waals surface area contributed by atoms with E-state index in [0.717, 1.165) is 40.3 Å². The van der Waals surface area contributed by atoms with Crippen LogP contribution in [0, 0.1) is 11.3 Å². The molecule has 0 radical (unpaired) electrons. The maximum atomic E-state index is 13.3. The van der Waals surface area contributed by atoms with Gasteiger partial charge in [0, 0.05) is 35.0 Å². The summed E-state index contributed by atoms with van der Waals surface area (Å²) in [6.07, 6.45) is 2.63. The van der Waals surface area contributed by atoms with Gasteiger partial charge in [-0.05, 0) is 36.1 Å². The van der Waals surface area contributed by atoms with Crippen LogP contribution < -0.4 is 11.1 Å². The third-order valence-electron chi connectivity index (χ3n) is 6.32. The van der Waals surface area contributed by atoms with Gasteiger partial charge in [-0.15, -0.1) is 0 Å². The van der Waals surface area contributed by atoms with Crippen LogP contribution in [0.3, 0.4) is 0 Å². The van der Waals surface area contributed by atoms with E-state index in [1.165, 1.54) is 0 Å². The number of anilines is 3. The molecule has 27 heavy (non-hydrogen) atoms. The average Bonchev–Trinajstić information content (AvgIpc) is 3.02. The number of H-pyrrole nitrogens is 1. The van der Waals surface area contributed by atoms with Crippen LogP contribution in [0.25, 0.3) is 11.3 Å². The van der Waals surface area contributed by atoms with Gasteiger partial charge in [0.25, 0.3) is 0 Å². The fourth-order valence-electron chi connectivity index (χ4n) is 4.68. The van der Waals surface area contributed by atoms with Gasteiger partial charge in [0.05, 0.1) is 16.9 Å². The molecule has 2 heterocycles. The highest BCUT2D eigenvalue weighted by molar-refractivity contribution is 6.10. The van der Waals surface area contributed by atoms with Crippen LogP contribution >= 0.6 is 0 Å². The third kappa shape index (κ3) is 2.24. The summed E-state index contributed by atoms with van der Waals surface area (Å²) >= 11 is 0. The second-order valence-electron chi connectivity index (χ2n) is 8.15. The highest BCUT2D eigenvalue weighted by Gasteiger charge is 2.58. The predicted octanol–water partition coefficient (Wildman–Crippen LogP) is 4.73. The Balaban J connectivity index is 1.72. The average molecular weight is 358 g/mol. The standard InChI is InChI=1S/C22H22N4O/c1-22(2)14-11-15(22)21(27)17-19(14)26-18(12-8-9-24-16(23)10-12)20(17)25-13-6-4-3-5-7-13/h3-10,14-15,25-26H,11H2,1-2H3,(H2,23,24)/t14-,15+/m1/s1. The van der Waals surface area contributed by atoms with Crippen LogP contribution in [0.1, 0.15) is 42.2 Å². The number of ketones is 1. The Morgan fingerprint density at radius 3 is 2.67 bits per heavy atom. The molecule has 2 atom stereocenters. The Morgan fingerprint density at radius 1 is 1.19 bits per heavy atom. The molecule has 0 saturated heterocycles. The van der Waals surface area contributed by atoms with E-state index >= 15 is 0 Å². The van der Waals surface area contributed by atoms with E-state index in [9.17, 15) is 4.79 Å². The van der Waals surface area contributed by atoms with Gasteiger partial charge in [0.1, 0.15) is 5.82 Å². The summed E-state index contributed by atoms with van der Waals surface area (Å²) in [5.41, 5.74) is 11.4. The van der Waals surface area contributed by atoms with E-state index in [2.05, 4.69) is 29.1 Å². The molecule has 4 N–H and O–H groups in total. The number of pyridine rings is 1. The summed E-state index contributed by atoms with van der Waals surface area (Å²) in [5, 5.41) is 3.48. The Labute approximate surface area is 158 Å². The molecule has 2 bridgehead atoms. The number of aromatic nitrogens is 2. The van der Waals surface area contributed by atoms with Crippen LogP contribution in [-0.2, 0) is 0 Å². The zero-order valence-electron chi connectivity index (χ0n) is 15.4. The fraction of sp³-hybridized carbons (Fsp3) is 0.273. The largest absolute Gasteiger partial charge is 0.384 e. The maximum Gasteiger partial charge on any atom is 0.170 e. The first kappa shape index (κ1) is 16.1. The van der Waals surface area contributed by atoms with Crippen molar-refractivity contribution in [3.63, 3.8) is 0 Å². The van der Waals surface area contributed by atoms with Gasteiger partial charge >= 0.3 is 0 Å². The Hall–Kier alpha value is -3.08. The molecule has 3 aliphatic rings. The van der Waals surface area contributed by atoms with Crippen LogP contribution in [0.15, 0.2) is 48.7 Å². The smallest absolute Gasteiger partial charge is 0.170 e. The first-order chi connectivity index (χ1) is 13.0. The normalized spacial score (nSPS) is 22.1. The van der Waals surface area contributed by atoms with Gasteiger partial charge in [-0.2, -0.15) is 0 Å². The van der Waals surface area contributed by atoms with Gasteiger partial charge in [0.2, 0.25) is 0 Å². The SMILES string of the molecule is CC1(C)[C@@H]2C[C@H]1C(=O)c1c2[nH]c(-c2ccnc(N)c2)c1Nc1ccccc1. The van der Waals surface area contributed by atoms with Gasteiger partial charge in [-0.25, -0.2) is 4.98 Å². The fourth-order valence-corrected chi connectivity index (χ4v) is 4.68. The van der Waals surface area contributed by atoms with Gasteiger partial charge in [0.15, 0.2) is 5.78 Å². The number of nitrogens with one attached hydrogen (secondary N) is 2. The number of nitrogen functional groups attached to an aromatic ring is 1. The topological polar surface area (TPSA) is 83.8 Å². The number of rotatable bonds is 3. The van der Waals surface area contributed by atoms with Gasteiger partial charge in [-0.3, -0.25) is 4.79 Å². The molecule has 136 valence electrons. The maximum absolute atomic E-state index is 13.3. The molecule has 1 saturated carbocycles. The molecule has 0 spiro atoms.